The standard InChI is InChI=1S/C12H9BrClN3O/c13-8-1-3-9(4-2-8)17-12(18)7-5-10(14)11(15)16-6-7/h1-6H,(H2,15,16)(H,17,18). The average Bonchev–Trinajstić information content (AvgIpc) is 2.35. The van der Waals surface area contributed by atoms with Crippen LogP contribution >= 0.6 is 27.5 Å². The lowest BCUT2D eigenvalue weighted by molar-refractivity contribution is 0.102. The van der Waals surface area contributed by atoms with Gasteiger partial charge in [0.2, 0.25) is 0 Å². The van der Waals surface area contributed by atoms with Gasteiger partial charge in [-0.1, -0.05) is 27.5 Å². The van der Waals surface area contributed by atoms with Gasteiger partial charge in [-0.3, -0.25) is 4.79 Å². The summed E-state index contributed by atoms with van der Waals surface area (Å²) in [6, 6.07) is 8.73. The van der Waals surface area contributed by atoms with Crippen LogP contribution in [0.15, 0.2) is 41.0 Å². The summed E-state index contributed by atoms with van der Waals surface area (Å²) >= 11 is 9.13. The van der Waals surface area contributed by atoms with E-state index in [0.717, 1.165) is 4.47 Å². The molecule has 4 nitrogen and oxygen atoms in total. The van der Waals surface area contributed by atoms with Crippen LogP contribution in [0.5, 0.6) is 0 Å². The van der Waals surface area contributed by atoms with Crippen LogP contribution < -0.4 is 11.1 Å². The summed E-state index contributed by atoms with van der Waals surface area (Å²) in [7, 11) is 0. The lowest BCUT2D eigenvalue weighted by Gasteiger charge is -2.06. The van der Waals surface area contributed by atoms with Crippen molar-refractivity contribution in [3.8, 4) is 0 Å². The Morgan fingerprint density at radius 2 is 2.00 bits per heavy atom. The van der Waals surface area contributed by atoms with Crippen LogP contribution in [0.25, 0.3) is 0 Å². The quantitative estimate of drug-likeness (QED) is 0.889. The van der Waals surface area contributed by atoms with Crippen molar-refractivity contribution in [1.29, 1.82) is 0 Å². The fraction of sp³-hybridized carbons (Fsp3) is 0. The van der Waals surface area contributed by atoms with E-state index in [9.17, 15) is 4.79 Å². The summed E-state index contributed by atoms with van der Waals surface area (Å²) in [6.45, 7) is 0. The minimum Gasteiger partial charge on any atom is -0.382 e. The predicted molar refractivity (Wildman–Crippen MR) is 75.8 cm³/mol. The topological polar surface area (TPSA) is 68.0 Å². The predicted octanol–water partition coefficient (Wildman–Crippen LogP) is 3.33. The molecule has 0 radical (unpaired) electrons. The van der Waals surface area contributed by atoms with Crippen LogP contribution in [0.3, 0.4) is 0 Å². The molecule has 0 aliphatic rings. The zero-order chi connectivity index (χ0) is 13.1. The number of nitrogens with zero attached hydrogens (tertiary/aromatic N) is 1. The Morgan fingerprint density at radius 1 is 1.33 bits per heavy atom. The number of hydrogen-bond donors (Lipinski definition) is 2. The number of anilines is 2. The van der Waals surface area contributed by atoms with Gasteiger partial charge in [0.15, 0.2) is 0 Å². The molecule has 0 atom stereocenters. The summed E-state index contributed by atoms with van der Waals surface area (Å²) in [5.41, 5.74) is 6.53. The van der Waals surface area contributed by atoms with E-state index in [4.69, 9.17) is 17.3 Å². The molecule has 0 fully saturated rings. The molecule has 1 amide bonds. The van der Waals surface area contributed by atoms with Crippen molar-refractivity contribution >= 4 is 44.9 Å². The Kier molecular flexibility index (Phi) is 3.84. The Balaban J connectivity index is 2.16. The highest BCUT2D eigenvalue weighted by Crippen LogP contribution is 2.18. The van der Waals surface area contributed by atoms with Gasteiger partial charge in [-0.05, 0) is 30.3 Å². The molecule has 2 aromatic rings. The van der Waals surface area contributed by atoms with Gasteiger partial charge in [-0.15, -0.1) is 0 Å². The smallest absolute Gasteiger partial charge is 0.257 e. The molecular weight excluding hydrogens is 318 g/mol. The molecule has 0 bridgehead atoms. The summed E-state index contributed by atoms with van der Waals surface area (Å²) in [5.74, 6) is -0.0800. The summed E-state index contributed by atoms with van der Waals surface area (Å²) in [6.07, 6.45) is 1.38. The Labute approximate surface area is 117 Å². The van der Waals surface area contributed by atoms with Crippen molar-refractivity contribution in [3.05, 3.63) is 51.6 Å². The lowest BCUT2D eigenvalue weighted by atomic mass is 10.2. The first-order valence-electron chi connectivity index (χ1n) is 5.04. The minimum absolute atomic E-state index is 0.205. The normalized spacial score (nSPS) is 10.1. The molecule has 92 valence electrons. The number of carbonyl (C=O) groups is 1. The number of halogens is 2. The van der Waals surface area contributed by atoms with Gasteiger partial charge in [0.05, 0.1) is 10.6 Å². The summed E-state index contributed by atoms with van der Waals surface area (Å²) in [5, 5.41) is 3.00. The SMILES string of the molecule is Nc1ncc(C(=O)Nc2ccc(Br)cc2)cc1Cl. The number of aromatic nitrogens is 1. The second kappa shape index (κ2) is 5.37. The molecule has 1 aromatic carbocycles. The molecule has 18 heavy (non-hydrogen) atoms. The van der Waals surface area contributed by atoms with Crippen molar-refractivity contribution in [3.63, 3.8) is 0 Å². The van der Waals surface area contributed by atoms with E-state index >= 15 is 0 Å². The molecule has 3 N–H and O–H groups in total. The third-order valence-corrected chi connectivity index (χ3v) is 3.07. The highest BCUT2D eigenvalue weighted by molar-refractivity contribution is 9.10. The first kappa shape index (κ1) is 12.9. The number of nitrogen functional groups attached to an aromatic ring is 1. The molecule has 0 aliphatic heterocycles. The van der Waals surface area contributed by atoms with Crippen molar-refractivity contribution in [1.82, 2.24) is 4.98 Å². The zero-order valence-electron chi connectivity index (χ0n) is 9.15. The molecule has 0 saturated heterocycles. The Hall–Kier alpha value is -1.59. The van der Waals surface area contributed by atoms with E-state index in [0.29, 0.717) is 11.3 Å². The Bertz CT molecular complexity index is 586. The number of carbonyl (C=O) groups excluding carboxylic acids is 1. The molecule has 2 rings (SSSR count). The van der Waals surface area contributed by atoms with Crippen LogP contribution in [-0.2, 0) is 0 Å². The van der Waals surface area contributed by atoms with Crippen LogP contribution in [0, 0.1) is 0 Å². The van der Waals surface area contributed by atoms with Crippen LogP contribution in [-0.4, -0.2) is 10.9 Å². The monoisotopic (exact) mass is 325 g/mol. The van der Waals surface area contributed by atoms with E-state index in [1.54, 1.807) is 12.1 Å². The van der Waals surface area contributed by atoms with Crippen LogP contribution in [0.4, 0.5) is 11.5 Å². The maximum atomic E-state index is 11.9. The maximum Gasteiger partial charge on any atom is 0.257 e. The molecule has 1 heterocycles. The van der Waals surface area contributed by atoms with E-state index in [1.807, 2.05) is 12.1 Å². The van der Waals surface area contributed by atoms with Crippen molar-refractivity contribution in [2.24, 2.45) is 0 Å². The first-order chi connectivity index (χ1) is 8.56. The van der Waals surface area contributed by atoms with Crippen molar-refractivity contribution in [2.45, 2.75) is 0 Å². The maximum absolute atomic E-state index is 11.9. The van der Waals surface area contributed by atoms with Gasteiger partial charge in [-0.2, -0.15) is 0 Å². The van der Waals surface area contributed by atoms with E-state index in [1.165, 1.54) is 12.3 Å². The molecule has 0 saturated carbocycles. The molecule has 0 unspecified atom stereocenters. The van der Waals surface area contributed by atoms with Gasteiger partial charge in [0.1, 0.15) is 5.82 Å². The number of rotatable bonds is 2. The van der Waals surface area contributed by atoms with Gasteiger partial charge in [-0.25, -0.2) is 4.98 Å². The molecule has 0 aliphatic carbocycles. The van der Waals surface area contributed by atoms with E-state index in [2.05, 4.69) is 26.2 Å². The van der Waals surface area contributed by atoms with Gasteiger partial charge >= 0.3 is 0 Å². The van der Waals surface area contributed by atoms with Crippen LogP contribution in [0.2, 0.25) is 5.02 Å². The first-order valence-corrected chi connectivity index (χ1v) is 6.21. The average molecular weight is 327 g/mol. The number of nitrogens with two attached hydrogens (primary N) is 1. The van der Waals surface area contributed by atoms with Gasteiger partial charge in [0, 0.05) is 16.4 Å². The fourth-order valence-electron chi connectivity index (χ4n) is 1.31. The number of pyridine rings is 1. The minimum atomic E-state index is -0.285. The van der Waals surface area contributed by atoms with Crippen LogP contribution in [0.1, 0.15) is 10.4 Å². The largest absolute Gasteiger partial charge is 0.382 e. The van der Waals surface area contributed by atoms with Crippen molar-refractivity contribution in [2.75, 3.05) is 11.1 Å². The fourth-order valence-corrected chi connectivity index (χ4v) is 1.74. The third kappa shape index (κ3) is 3.00. The number of nitrogens with one attached hydrogen (secondary N) is 1. The third-order valence-electron chi connectivity index (χ3n) is 2.23. The van der Waals surface area contributed by atoms with Crippen molar-refractivity contribution < 1.29 is 4.79 Å². The van der Waals surface area contributed by atoms with E-state index < -0.39 is 0 Å². The number of benzene rings is 1. The van der Waals surface area contributed by atoms with Gasteiger partial charge < -0.3 is 11.1 Å². The molecular formula is C12H9BrClN3O. The molecule has 0 spiro atoms. The lowest BCUT2D eigenvalue weighted by Crippen LogP contribution is -2.12. The summed E-state index contributed by atoms with van der Waals surface area (Å²) < 4.78 is 0.942. The van der Waals surface area contributed by atoms with E-state index in [-0.39, 0.29) is 16.7 Å². The highest BCUT2D eigenvalue weighted by Gasteiger charge is 2.08. The number of amides is 1. The van der Waals surface area contributed by atoms with Gasteiger partial charge in [0.25, 0.3) is 5.91 Å². The molecule has 6 heteroatoms. The highest BCUT2D eigenvalue weighted by atomic mass is 79.9. The summed E-state index contributed by atoms with van der Waals surface area (Å²) in [4.78, 5) is 15.7. The molecule has 1 aromatic heterocycles. The number of hydrogen-bond acceptors (Lipinski definition) is 3. The zero-order valence-corrected chi connectivity index (χ0v) is 11.5. The second-order valence-corrected chi connectivity index (χ2v) is 4.87. The second-order valence-electron chi connectivity index (χ2n) is 3.55. The Morgan fingerprint density at radius 3 is 2.61 bits per heavy atom.